The highest BCUT2D eigenvalue weighted by molar-refractivity contribution is 9.12. The Balaban J connectivity index is 1.96. The Labute approximate surface area is 175 Å². The first-order valence-corrected chi connectivity index (χ1v) is 10.4. The van der Waals surface area contributed by atoms with Gasteiger partial charge in [-0.2, -0.15) is 0 Å². The third-order valence-electron chi connectivity index (χ3n) is 5.31. The maximum absolute atomic E-state index is 12.6. The Kier molecular flexibility index (Phi) is 5.92. The number of nitrogens with zero attached hydrogens (tertiary/aromatic N) is 1. The molecule has 3 fully saturated rings. The summed E-state index contributed by atoms with van der Waals surface area (Å²) in [5.74, 6) is 1.43. The third-order valence-corrected chi connectivity index (χ3v) is 5.59. The lowest BCUT2D eigenvalue weighted by Gasteiger charge is -2.37. The monoisotopic (exact) mass is 459 g/mol. The fourth-order valence-electron chi connectivity index (χ4n) is 4.52. The molecule has 3 aliphatic rings. The summed E-state index contributed by atoms with van der Waals surface area (Å²) in [6, 6.07) is -0.361. The zero-order valence-electron chi connectivity index (χ0n) is 17.6. The summed E-state index contributed by atoms with van der Waals surface area (Å²) in [6.45, 7) is 13.2. The van der Waals surface area contributed by atoms with Crippen LogP contribution >= 0.6 is 15.9 Å². The van der Waals surface area contributed by atoms with Crippen LogP contribution < -0.4 is 0 Å². The SMILES string of the molecule is CC(=O)N1[C@@H]([C@H]2OC(C)(C)O[C@@H]2[C@H]2COC(C)(C)O2)[C@H](CC#CBr)OC1(C)C. The summed E-state index contributed by atoms with van der Waals surface area (Å²) >= 11 is 3.14. The van der Waals surface area contributed by atoms with E-state index in [4.69, 9.17) is 23.7 Å². The summed E-state index contributed by atoms with van der Waals surface area (Å²) in [7, 11) is 0. The molecular weight excluding hydrogens is 430 g/mol. The molecule has 7 nitrogen and oxygen atoms in total. The highest BCUT2D eigenvalue weighted by Crippen LogP contribution is 2.43. The van der Waals surface area contributed by atoms with E-state index in [1.54, 1.807) is 11.8 Å². The van der Waals surface area contributed by atoms with Gasteiger partial charge in [0.2, 0.25) is 5.91 Å². The Hall–Kier alpha value is -0.690. The molecule has 1 amide bonds. The van der Waals surface area contributed by atoms with Gasteiger partial charge in [0.15, 0.2) is 11.6 Å². The van der Waals surface area contributed by atoms with Gasteiger partial charge >= 0.3 is 0 Å². The van der Waals surface area contributed by atoms with Gasteiger partial charge < -0.3 is 28.6 Å². The van der Waals surface area contributed by atoms with Crippen LogP contribution in [-0.2, 0) is 28.5 Å². The predicted octanol–water partition coefficient (Wildman–Crippen LogP) is 2.76. The number of halogens is 1. The standard InChI is InChI=1S/C20H30BrNO6/c1-12(23)22-15(13(9-8-10-21)25-18(22,2)3)17-16(27-20(6,7)28-17)14-11-24-19(4,5)26-14/h13-17H,9,11H2,1-7H3/t13-,14+,15+,16+,17+/m0/s1. The third kappa shape index (κ3) is 4.25. The molecule has 0 N–H and O–H groups in total. The summed E-state index contributed by atoms with van der Waals surface area (Å²) in [5, 5.41) is 0. The van der Waals surface area contributed by atoms with Gasteiger partial charge in [0, 0.05) is 29.3 Å². The van der Waals surface area contributed by atoms with Gasteiger partial charge in [-0.25, -0.2) is 0 Å². The van der Waals surface area contributed by atoms with Gasteiger partial charge in [-0.15, -0.1) is 0 Å². The lowest BCUT2D eigenvalue weighted by molar-refractivity contribution is -0.175. The van der Waals surface area contributed by atoms with Crippen molar-refractivity contribution in [3.63, 3.8) is 0 Å². The van der Waals surface area contributed by atoms with Crippen molar-refractivity contribution in [2.75, 3.05) is 6.61 Å². The molecular formula is C20H30BrNO6. The van der Waals surface area contributed by atoms with Gasteiger partial charge in [0.1, 0.15) is 24.0 Å². The van der Waals surface area contributed by atoms with Crippen LogP contribution in [0.4, 0.5) is 0 Å². The number of rotatable bonds is 3. The first-order chi connectivity index (χ1) is 12.9. The lowest BCUT2D eigenvalue weighted by atomic mass is 9.94. The second-order valence-corrected chi connectivity index (χ2v) is 9.29. The van der Waals surface area contributed by atoms with E-state index < -0.39 is 29.5 Å². The highest BCUT2D eigenvalue weighted by atomic mass is 79.9. The number of hydrogen-bond donors (Lipinski definition) is 0. The smallest absolute Gasteiger partial charge is 0.222 e. The molecule has 0 saturated carbocycles. The van der Waals surface area contributed by atoms with Crippen LogP contribution in [0.5, 0.6) is 0 Å². The molecule has 3 heterocycles. The molecule has 5 atom stereocenters. The van der Waals surface area contributed by atoms with E-state index in [0.717, 1.165) is 0 Å². The average Bonchev–Trinajstić information content (AvgIpc) is 3.15. The van der Waals surface area contributed by atoms with Crippen molar-refractivity contribution >= 4 is 21.8 Å². The first kappa shape index (κ1) is 22.0. The van der Waals surface area contributed by atoms with Crippen LogP contribution in [0.2, 0.25) is 0 Å². The molecule has 0 spiro atoms. The number of hydrogen-bond acceptors (Lipinski definition) is 6. The minimum atomic E-state index is -0.813. The van der Waals surface area contributed by atoms with E-state index in [2.05, 4.69) is 26.7 Å². The van der Waals surface area contributed by atoms with Crippen molar-refractivity contribution in [3.05, 3.63) is 0 Å². The molecule has 158 valence electrons. The molecule has 3 aliphatic heterocycles. The van der Waals surface area contributed by atoms with Crippen molar-refractivity contribution < 1.29 is 28.5 Å². The summed E-state index contributed by atoms with van der Waals surface area (Å²) in [6.07, 6.45) is -0.999. The van der Waals surface area contributed by atoms with Crippen LogP contribution in [-0.4, -0.2) is 65.2 Å². The van der Waals surface area contributed by atoms with Crippen LogP contribution in [0, 0.1) is 10.8 Å². The molecule has 28 heavy (non-hydrogen) atoms. The largest absolute Gasteiger partial charge is 0.350 e. The van der Waals surface area contributed by atoms with Crippen molar-refractivity contribution in [1.82, 2.24) is 4.90 Å². The Morgan fingerprint density at radius 2 is 1.68 bits per heavy atom. The summed E-state index contributed by atoms with van der Waals surface area (Å²) in [5.41, 5.74) is -0.776. The topological polar surface area (TPSA) is 66.5 Å². The number of ether oxygens (including phenoxy) is 5. The Bertz CT molecular complexity index is 682. The molecule has 0 aromatic rings. The molecule has 0 unspecified atom stereocenters. The maximum atomic E-state index is 12.6. The minimum Gasteiger partial charge on any atom is -0.350 e. The van der Waals surface area contributed by atoms with E-state index in [-0.39, 0.29) is 24.2 Å². The molecule has 3 rings (SSSR count). The molecule has 0 radical (unpaired) electrons. The number of amides is 1. The second kappa shape index (κ2) is 7.53. The zero-order chi connectivity index (χ0) is 20.9. The van der Waals surface area contributed by atoms with Crippen LogP contribution in [0.25, 0.3) is 0 Å². The number of carbonyl (C=O) groups is 1. The van der Waals surface area contributed by atoms with Crippen LogP contribution in [0.3, 0.4) is 0 Å². The Morgan fingerprint density at radius 3 is 2.21 bits per heavy atom. The maximum Gasteiger partial charge on any atom is 0.222 e. The highest BCUT2D eigenvalue weighted by Gasteiger charge is 2.60. The van der Waals surface area contributed by atoms with Gasteiger partial charge in [-0.1, -0.05) is 5.92 Å². The fraction of sp³-hybridized carbons (Fsp3) is 0.850. The molecule has 8 heteroatoms. The summed E-state index contributed by atoms with van der Waals surface area (Å²) in [4.78, 5) is 17.1. The minimum absolute atomic E-state index is 0.0831. The first-order valence-electron chi connectivity index (χ1n) is 9.60. The van der Waals surface area contributed by atoms with Gasteiger partial charge in [-0.3, -0.25) is 4.79 Å². The van der Waals surface area contributed by atoms with Crippen molar-refractivity contribution in [2.24, 2.45) is 0 Å². The molecule has 0 bridgehead atoms. The molecule has 3 saturated heterocycles. The predicted molar refractivity (Wildman–Crippen MR) is 105 cm³/mol. The van der Waals surface area contributed by atoms with E-state index in [0.29, 0.717) is 13.0 Å². The van der Waals surface area contributed by atoms with E-state index >= 15 is 0 Å². The van der Waals surface area contributed by atoms with Crippen molar-refractivity contribution in [3.8, 4) is 10.8 Å². The molecule has 0 aromatic carbocycles. The molecule has 0 aromatic heterocycles. The second-order valence-electron chi connectivity index (χ2n) is 8.89. The zero-order valence-corrected chi connectivity index (χ0v) is 19.2. The van der Waals surface area contributed by atoms with Crippen molar-refractivity contribution in [2.45, 2.75) is 103 Å². The summed E-state index contributed by atoms with van der Waals surface area (Å²) < 4.78 is 30.6. The quantitative estimate of drug-likeness (QED) is 0.604. The van der Waals surface area contributed by atoms with Gasteiger partial charge in [0.25, 0.3) is 0 Å². The van der Waals surface area contributed by atoms with E-state index in [1.807, 2.05) is 41.5 Å². The van der Waals surface area contributed by atoms with E-state index in [9.17, 15) is 4.79 Å². The van der Waals surface area contributed by atoms with Crippen molar-refractivity contribution in [1.29, 1.82) is 0 Å². The van der Waals surface area contributed by atoms with Gasteiger partial charge in [-0.05, 0) is 46.4 Å². The normalized spacial score (nSPS) is 38.3. The lowest BCUT2D eigenvalue weighted by Crippen LogP contribution is -2.56. The fourth-order valence-corrected chi connectivity index (χ4v) is 4.68. The average molecular weight is 460 g/mol. The van der Waals surface area contributed by atoms with Crippen LogP contribution in [0.1, 0.15) is 54.9 Å². The molecule has 0 aliphatic carbocycles. The Morgan fingerprint density at radius 1 is 1.04 bits per heavy atom. The van der Waals surface area contributed by atoms with Gasteiger partial charge in [0.05, 0.1) is 18.8 Å². The number of carbonyl (C=O) groups excluding carboxylic acids is 1. The van der Waals surface area contributed by atoms with E-state index in [1.165, 1.54) is 0 Å². The van der Waals surface area contributed by atoms with Crippen LogP contribution in [0.15, 0.2) is 0 Å².